The second kappa shape index (κ2) is 10.5. The smallest absolute Gasteiger partial charge is 0.252 e. The summed E-state index contributed by atoms with van der Waals surface area (Å²) >= 11 is 0. The van der Waals surface area contributed by atoms with Crippen molar-refractivity contribution in [3.05, 3.63) is 76.0 Å². The van der Waals surface area contributed by atoms with Gasteiger partial charge in [-0.15, -0.1) is 0 Å². The Balaban J connectivity index is 1.03. The van der Waals surface area contributed by atoms with Crippen LogP contribution in [0.3, 0.4) is 0 Å². The molecule has 4 heteroatoms. The first-order valence-corrected chi connectivity index (χ1v) is 15.2. The van der Waals surface area contributed by atoms with Crippen LogP contribution in [0.25, 0.3) is 10.9 Å². The number of ketones is 1. The maximum absolute atomic E-state index is 13.2. The Morgan fingerprint density at radius 2 is 1.62 bits per heavy atom. The number of aryl methyl sites for hydroxylation is 2. The Morgan fingerprint density at radius 1 is 0.872 bits per heavy atom. The number of pyridine rings is 1. The third-order valence-corrected chi connectivity index (χ3v) is 10.0. The van der Waals surface area contributed by atoms with Crippen molar-refractivity contribution < 1.29 is 9.59 Å². The predicted molar refractivity (Wildman–Crippen MR) is 157 cm³/mol. The zero-order chi connectivity index (χ0) is 27.3. The lowest BCUT2D eigenvalue weighted by Gasteiger charge is -2.30. The molecule has 1 aromatic heterocycles. The quantitative estimate of drug-likeness (QED) is 0.319. The average molecular weight is 523 g/mol. The summed E-state index contributed by atoms with van der Waals surface area (Å²) in [5, 5.41) is 4.29. The molecule has 2 bridgehead atoms. The van der Waals surface area contributed by atoms with E-state index in [2.05, 4.69) is 35.4 Å². The minimum absolute atomic E-state index is 0.0321. The van der Waals surface area contributed by atoms with E-state index in [-0.39, 0.29) is 23.7 Å². The van der Waals surface area contributed by atoms with E-state index in [9.17, 15) is 9.59 Å². The lowest BCUT2D eigenvalue weighted by atomic mass is 9.80. The van der Waals surface area contributed by atoms with Crippen molar-refractivity contribution in [2.45, 2.75) is 96.9 Å². The molecule has 39 heavy (non-hydrogen) atoms. The van der Waals surface area contributed by atoms with Gasteiger partial charge in [-0.1, -0.05) is 44.5 Å². The summed E-state index contributed by atoms with van der Waals surface area (Å²) in [6.45, 7) is 8.03. The molecule has 3 atom stereocenters. The zero-order valence-electron chi connectivity index (χ0n) is 23.9. The minimum Gasteiger partial charge on any atom is -0.349 e. The summed E-state index contributed by atoms with van der Waals surface area (Å²) in [5.74, 6) is 3.18. The molecule has 0 radical (unpaired) electrons. The number of benzene rings is 2. The van der Waals surface area contributed by atoms with E-state index < -0.39 is 0 Å². The van der Waals surface area contributed by atoms with Crippen molar-refractivity contribution in [2.24, 2.45) is 17.8 Å². The second-order valence-electron chi connectivity index (χ2n) is 12.9. The Bertz CT molecular complexity index is 1420. The molecule has 3 aliphatic carbocycles. The van der Waals surface area contributed by atoms with Crippen LogP contribution in [0.1, 0.15) is 120 Å². The highest BCUT2D eigenvalue weighted by Crippen LogP contribution is 2.59. The maximum atomic E-state index is 13.2. The summed E-state index contributed by atoms with van der Waals surface area (Å²) < 4.78 is 0. The molecule has 2 saturated carbocycles. The first kappa shape index (κ1) is 26.2. The molecule has 0 saturated heterocycles. The molecule has 204 valence electrons. The van der Waals surface area contributed by atoms with E-state index >= 15 is 0 Å². The van der Waals surface area contributed by atoms with Crippen LogP contribution in [0.5, 0.6) is 0 Å². The Kier molecular flexibility index (Phi) is 7.07. The summed E-state index contributed by atoms with van der Waals surface area (Å²) in [4.78, 5) is 30.5. The van der Waals surface area contributed by atoms with Gasteiger partial charge in [-0.25, -0.2) is 0 Å². The number of nitrogens with one attached hydrogen (secondary N) is 1. The van der Waals surface area contributed by atoms with Gasteiger partial charge >= 0.3 is 0 Å². The Morgan fingerprint density at radius 3 is 2.36 bits per heavy atom. The van der Waals surface area contributed by atoms with Crippen molar-refractivity contribution in [3.63, 3.8) is 0 Å². The van der Waals surface area contributed by atoms with Crippen molar-refractivity contribution in [2.75, 3.05) is 0 Å². The zero-order valence-corrected chi connectivity index (χ0v) is 23.9. The standard InChI is InChI=1S/C35H42N2O2/c1-20(2)34(38)24-10-16-28-27-17-18-29(32(28)19-24)26(27)15-9-23-7-11-25(12-8-23)37-35(39)31-13-5-21(3)33-30(31)14-6-22(4)36-33/h5-6,10,13-14,16,19-20,23,25-27,29H,7-9,11-12,15,17-18H2,1-4H3,(H,37,39)/t23?,25?,26?,27-,29+/m1/s1. The number of fused-ring (bicyclic) bond motifs is 6. The van der Waals surface area contributed by atoms with Crippen molar-refractivity contribution in [1.82, 2.24) is 10.3 Å². The summed E-state index contributed by atoms with van der Waals surface area (Å²) in [6.07, 6.45) is 9.69. The maximum Gasteiger partial charge on any atom is 0.252 e. The lowest BCUT2D eigenvalue weighted by Crippen LogP contribution is -2.37. The van der Waals surface area contributed by atoms with Crippen molar-refractivity contribution >= 4 is 22.6 Å². The monoisotopic (exact) mass is 522 g/mol. The van der Waals surface area contributed by atoms with E-state index in [1.807, 2.05) is 45.0 Å². The van der Waals surface area contributed by atoms with Gasteiger partial charge in [0.2, 0.25) is 0 Å². The van der Waals surface area contributed by atoms with Crippen LogP contribution >= 0.6 is 0 Å². The molecular weight excluding hydrogens is 480 g/mol. The number of amides is 1. The largest absolute Gasteiger partial charge is 0.349 e. The van der Waals surface area contributed by atoms with Crippen LogP contribution in [0.15, 0.2) is 42.5 Å². The first-order valence-electron chi connectivity index (χ1n) is 15.2. The summed E-state index contributed by atoms with van der Waals surface area (Å²) in [7, 11) is 0. The number of Topliss-reactive ketones (excluding diaryl/α,β-unsaturated/α-hetero) is 1. The predicted octanol–water partition coefficient (Wildman–Crippen LogP) is 8.05. The molecule has 2 aromatic carbocycles. The first-order chi connectivity index (χ1) is 18.8. The van der Waals surface area contributed by atoms with Crippen molar-refractivity contribution in [3.8, 4) is 0 Å². The number of hydrogen-bond donors (Lipinski definition) is 1. The molecule has 0 aliphatic heterocycles. The molecule has 1 heterocycles. The number of rotatable bonds is 7. The van der Waals surface area contributed by atoms with Crippen LogP contribution in [-0.2, 0) is 0 Å². The highest BCUT2D eigenvalue weighted by molar-refractivity contribution is 6.07. The van der Waals surface area contributed by atoms with E-state index in [0.717, 1.165) is 58.0 Å². The molecular formula is C35H42N2O2. The second-order valence-corrected chi connectivity index (χ2v) is 12.9. The van der Waals surface area contributed by atoms with Crippen LogP contribution in [0.2, 0.25) is 0 Å². The molecule has 1 unspecified atom stereocenters. The lowest BCUT2D eigenvalue weighted by molar-refractivity contribution is 0.0919. The highest BCUT2D eigenvalue weighted by Gasteiger charge is 2.45. The van der Waals surface area contributed by atoms with Gasteiger partial charge in [0, 0.05) is 34.2 Å². The Labute approximate surface area is 233 Å². The van der Waals surface area contributed by atoms with Gasteiger partial charge < -0.3 is 5.32 Å². The van der Waals surface area contributed by atoms with Gasteiger partial charge in [0.15, 0.2) is 5.78 Å². The molecule has 6 rings (SSSR count). The van der Waals surface area contributed by atoms with Gasteiger partial charge in [0.05, 0.1) is 5.52 Å². The number of nitrogens with zero attached hydrogens (tertiary/aromatic N) is 1. The van der Waals surface area contributed by atoms with Crippen LogP contribution in [-0.4, -0.2) is 22.7 Å². The van der Waals surface area contributed by atoms with E-state index in [1.165, 1.54) is 49.7 Å². The number of aromatic nitrogens is 1. The topological polar surface area (TPSA) is 59.1 Å². The number of carbonyl (C=O) groups is 2. The molecule has 3 aromatic rings. The van der Waals surface area contributed by atoms with Crippen LogP contribution in [0.4, 0.5) is 0 Å². The van der Waals surface area contributed by atoms with Crippen LogP contribution < -0.4 is 5.32 Å². The third kappa shape index (κ3) is 4.92. The fourth-order valence-electron chi connectivity index (χ4n) is 7.90. The van der Waals surface area contributed by atoms with E-state index in [4.69, 9.17) is 0 Å². The van der Waals surface area contributed by atoms with Gasteiger partial charge in [0.1, 0.15) is 0 Å². The van der Waals surface area contributed by atoms with Gasteiger partial charge in [-0.05, 0) is 117 Å². The summed E-state index contributed by atoms with van der Waals surface area (Å²) in [6, 6.07) is 14.8. The molecule has 3 aliphatic rings. The fraction of sp³-hybridized carbons (Fsp3) is 0.514. The van der Waals surface area contributed by atoms with E-state index in [0.29, 0.717) is 11.8 Å². The number of carbonyl (C=O) groups excluding carboxylic acids is 2. The fourth-order valence-corrected chi connectivity index (χ4v) is 7.90. The average Bonchev–Trinajstić information content (AvgIpc) is 3.48. The highest BCUT2D eigenvalue weighted by atomic mass is 16.1. The van der Waals surface area contributed by atoms with E-state index in [1.54, 1.807) is 0 Å². The molecule has 1 amide bonds. The summed E-state index contributed by atoms with van der Waals surface area (Å²) in [5.41, 5.74) is 7.65. The minimum atomic E-state index is 0.0321. The molecule has 0 spiro atoms. The molecule has 4 nitrogen and oxygen atoms in total. The molecule has 1 N–H and O–H groups in total. The van der Waals surface area contributed by atoms with Crippen molar-refractivity contribution in [1.29, 1.82) is 0 Å². The molecule has 2 fully saturated rings. The third-order valence-electron chi connectivity index (χ3n) is 10.0. The normalized spacial score (nSPS) is 25.7. The van der Waals surface area contributed by atoms with Gasteiger partial charge in [-0.2, -0.15) is 0 Å². The van der Waals surface area contributed by atoms with Gasteiger partial charge in [0.25, 0.3) is 5.91 Å². The van der Waals surface area contributed by atoms with Crippen LogP contribution in [0, 0.1) is 31.6 Å². The Hall–Kier alpha value is -3.01. The number of hydrogen-bond acceptors (Lipinski definition) is 3. The van der Waals surface area contributed by atoms with Gasteiger partial charge in [-0.3, -0.25) is 14.6 Å². The SMILES string of the molecule is Cc1ccc2c(C(=O)NC3CCC(CCC4[C@@H]5CC[C@H]4c4ccc(C(=O)C(C)C)cc45)CC3)ccc(C)c2n1.